The monoisotopic (exact) mass is 475 g/mol. The van der Waals surface area contributed by atoms with Gasteiger partial charge in [0, 0.05) is 12.6 Å². The van der Waals surface area contributed by atoms with E-state index in [-0.39, 0.29) is 19.6 Å². The van der Waals surface area contributed by atoms with E-state index in [1.165, 1.54) is 0 Å². The average molecular weight is 476 g/mol. The maximum atomic E-state index is 13.0. The van der Waals surface area contributed by atoms with Crippen LogP contribution in [0.15, 0.2) is 79.0 Å². The fourth-order valence-corrected chi connectivity index (χ4v) is 3.29. The topological polar surface area (TPSA) is 107 Å². The molecule has 1 heterocycles. The number of hydrogen-bond donors (Lipinski definition) is 2. The summed E-state index contributed by atoms with van der Waals surface area (Å²) in [5, 5.41) is 5.27. The summed E-state index contributed by atoms with van der Waals surface area (Å²) >= 11 is 0. The third-order valence-electron chi connectivity index (χ3n) is 5.32. The number of hydrogen-bond acceptors (Lipinski definition) is 6. The number of amides is 2. The first-order valence-corrected chi connectivity index (χ1v) is 11.3. The first-order valence-electron chi connectivity index (χ1n) is 11.3. The number of nitrogens with zero attached hydrogens (tertiary/aromatic N) is 1. The lowest BCUT2D eigenvalue weighted by molar-refractivity contribution is -0.141. The first kappa shape index (κ1) is 25.6. The molecule has 0 radical (unpaired) electrons. The Hall–Kier alpha value is -4.04. The molecule has 2 amide bonds. The molecule has 0 unspecified atom stereocenters. The predicted octanol–water partition coefficient (Wildman–Crippen LogP) is 2.61. The number of rotatable bonds is 12. The zero-order valence-electron chi connectivity index (χ0n) is 19.8. The summed E-state index contributed by atoms with van der Waals surface area (Å²) in [4.78, 5) is 42.5. The highest BCUT2D eigenvalue weighted by Gasteiger charge is 2.29. The van der Waals surface area contributed by atoms with Gasteiger partial charge >= 0.3 is 0 Å². The van der Waals surface area contributed by atoms with E-state index in [2.05, 4.69) is 15.6 Å². The van der Waals surface area contributed by atoms with Crippen molar-refractivity contribution in [1.82, 2.24) is 15.6 Å². The summed E-state index contributed by atoms with van der Waals surface area (Å²) in [6, 6.07) is 20.8. The number of ketones is 1. The van der Waals surface area contributed by atoms with Gasteiger partial charge in [-0.2, -0.15) is 0 Å². The molecule has 0 saturated heterocycles. The highest BCUT2D eigenvalue weighted by molar-refractivity contribution is 6.38. The number of Topliss-reactive ketones (excluding diaryl/α,β-unsaturated/α-hetero) is 1. The van der Waals surface area contributed by atoms with Crippen LogP contribution in [0.25, 0.3) is 0 Å². The smallest absolute Gasteiger partial charge is 0.289 e. The molecule has 0 aliphatic rings. The minimum absolute atomic E-state index is 0.110. The molecule has 3 rings (SSSR count). The lowest BCUT2D eigenvalue weighted by Gasteiger charge is -2.20. The number of ether oxygens (including phenoxy) is 2. The van der Waals surface area contributed by atoms with Crippen LogP contribution in [-0.2, 0) is 38.7 Å². The van der Waals surface area contributed by atoms with E-state index in [1.807, 2.05) is 54.6 Å². The van der Waals surface area contributed by atoms with Gasteiger partial charge in [-0.15, -0.1) is 0 Å². The van der Waals surface area contributed by atoms with Gasteiger partial charge in [-0.1, -0.05) is 48.5 Å². The third-order valence-corrected chi connectivity index (χ3v) is 5.32. The lowest BCUT2D eigenvalue weighted by atomic mass is 10.0. The van der Waals surface area contributed by atoms with Gasteiger partial charge in [-0.25, -0.2) is 0 Å². The molecule has 0 bridgehead atoms. The third kappa shape index (κ3) is 8.04. The SMILES string of the molecule is COc1ccc(CO[C@H](C)C(=O)N[C@H](Cc2ccccc2)C(=O)C(=O)NCc2ccccn2)cc1. The number of carbonyl (C=O) groups excluding carboxylic acids is 3. The molecule has 8 heteroatoms. The van der Waals surface area contributed by atoms with Crippen LogP contribution in [0.4, 0.5) is 0 Å². The van der Waals surface area contributed by atoms with Gasteiger partial charge in [-0.3, -0.25) is 19.4 Å². The van der Waals surface area contributed by atoms with E-state index in [0.29, 0.717) is 5.69 Å². The Morgan fingerprint density at radius 2 is 1.63 bits per heavy atom. The second kappa shape index (κ2) is 13.0. The summed E-state index contributed by atoms with van der Waals surface area (Å²) in [5.41, 5.74) is 2.31. The van der Waals surface area contributed by atoms with Crippen LogP contribution in [-0.4, -0.2) is 41.8 Å². The molecule has 0 aliphatic carbocycles. The second-order valence-corrected chi connectivity index (χ2v) is 7.92. The van der Waals surface area contributed by atoms with Crippen molar-refractivity contribution in [1.29, 1.82) is 0 Å². The Labute approximate surface area is 204 Å². The summed E-state index contributed by atoms with van der Waals surface area (Å²) in [6.45, 7) is 1.92. The molecule has 3 aromatic rings. The fraction of sp³-hybridized carbons (Fsp3) is 0.259. The molecule has 8 nitrogen and oxygen atoms in total. The molecular formula is C27H29N3O5. The Morgan fingerprint density at radius 3 is 2.29 bits per heavy atom. The summed E-state index contributed by atoms with van der Waals surface area (Å²) in [7, 11) is 1.59. The highest BCUT2D eigenvalue weighted by Crippen LogP contribution is 2.13. The highest BCUT2D eigenvalue weighted by atomic mass is 16.5. The van der Waals surface area contributed by atoms with E-state index >= 15 is 0 Å². The Morgan fingerprint density at radius 1 is 0.914 bits per heavy atom. The fourth-order valence-electron chi connectivity index (χ4n) is 3.29. The molecule has 0 aliphatic heterocycles. The van der Waals surface area contributed by atoms with E-state index < -0.39 is 29.7 Å². The molecule has 2 aromatic carbocycles. The second-order valence-electron chi connectivity index (χ2n) is 7.92. The van der Waals surface area contributed by atoms with Crippen molar-refractivity contribution in [2.24, 2.45) is 0 Å². The zero-order chi connectivity index (χ0) is 25.0. The molecule has 0 spiro atoms. The molecule has 182 valence electrons. The Kier molecular flexibility index (Phi) is 9.50. The van der Waals surface area contributed by atoms with Gasteiger partial charge in [-0.05, 0) is 42.3 Å². The van der Waals surface area contributed by atoms with E-state index in [9.17, 15) is 14.4 Å². The lowest BCUT2D eigenvalue weighted by Crippen LogP contribution is -2.51. The summed E-state index contributed by atoms with van der Waals surface area (Å²) < 4.78 is 10.8. The minimum atomic E-state index is -1.04. The normalized spacial score (nSPS) is 12.3. The zero-order valence-corrected chi connectivity index (χ0v) is 19.8. The van der Waals surface area contributed by atoms with Crippen molar-refractivity contribution in [3.8, 4) is 5.75 Å². The number of carbonyl (C=O) groups is 3. The van der Waals surface area contributed by atoms with Gasteiger partial charge in [0.15, 0.2) is 0 Å². The van der Waals surface area contributed by atoms with Crippen LogP contribution in [0.2, 0.25) is 0 Å². The van der Waals surface area contributed by atoms with E-state index in [1.54, 1.807) is 38.4 Å². The van der Waals surface area contributed by atoms with Gasteiger partial charge in [0.2, 0.25) is 11.7 Å². The molecule has 1 aromatic heterocycles. The average Bonchev–Trinajstić information content (AvgIpc) is 2.90. The van der Waals surface area contributed by atoms with Gasteiger partial charge < -0.3 is 20.1 Å². The number of nitrogens with one attached hydrogen (secondary N) is 2. The van der Waals surface area contributed by atoms with Crippen LogP contribution in [0, 0.1) is 0 Å². The van der Waals surface area contributed by atoms with Gasteiger partial charge in [0.25, 0.3) is 5.91 Å². The van der Waals surface area contributed by atoms with Gasteiger partial charge in [0.1, 0.15) is 17.9 Å². The standard InChI is InChI=1S/C27H29N3O5/c1-19(35-18-21-11-13-23(34-2)14-12-21)26(32)30-24(16-20-8-4-3-5-9-20)25(31)27(33)29-17-22-10-6-7-15-28-22/h3-15,19,24H,16-18H2,1-2H3,(H,29,33)(H,30,32)/t19-,24-/m1/s1. The number of benzene rings is 2. The van der Waals surface area contributed by atoms with Crippen LogP contribution in [0.1, 0.15) is 23.7 Å². The van der Waals surface area contributed by atoms with Crippen molar-refractivity contribution in [3.63, 3.8) is 0 Å². The largest absolute Gasteiger partial charge is 0.497 e. The molecule has 0 fully saturated rings. The Balaban J connectivity index is 1.61. The number of pyridine rings is 1. The van der Waals surface area contributed by atoms with Crippen LogP contribution in [0.5, 0.6) is 5.75 Å². The quantitative estimate of drug-likeness (QED) is 0.390. The van der Waals surface area contributed by atoms with Crippen molar-refractivity contribution in [2.75, 3.05) is 7.11 Å². The molecule has 35 heavy (non-hydrogen) atoms. The number of methoxy groups -OCH3 is 1. The first-order chi connectivity index (χ1) is 17.0. The van der Waals surface area contributed by atoms with Crippen LogP contribution >= 0.6 is 0 Å². The predicted molar refractivity (Wildman–Crippen MR) is 130 cm³/mol. The van der Waals surface area contributed by atoms with Crippen molar-refractivity contribution in [3.05, 3.63) is 95.8 Å². The number of aromatic nitrogens is 1. The summed E-state index contributed by atoms with van der Waals surface area (Å²) in [6.07, 6.45) is 0.947. The molecular weight excluding hydrogens is 446 g/mol. The molecule has 2 atom stereocenters. The van der Waals surface area contributed by atoms with Crippen molar-refractivity contribution < 1.29 is 23.9 Å². The van der Waals surface area contributed by atoms with Crippen molar-refractivity contribution in [2.45, 2.75) is 38.6 Å². The maximum Gasteiger partial charge on any atom is 0.289 e. The molecule has 2 N–H and O–H groups in total. The van der Waals surface area contributed by atoms with Crippen molar-refractivity contribution >= 4 is 17.6 Å². The molecule has 0 saturated carbocycles. The maximum absolute atomic E-state index is 13.0. The Bertz CT molecular complexity index is 1100. The minimum Gasteiger partial charge on any atom is -0.497 e. The van der Waals surface area contributed by atoms with Gasteiger partial charge in [0.05, 0.1) is 26.0 Å². The van der Waals surface area contributed by atoms with E-state index in [0.717, 1.165) is 16.9 Å². The van der Waals surface area contributed by atoms with Crippen LogP contribution < -0.4 is 15.4 Å². The van der Waals surface area contributed by atoms with E-state index in [4.69, 9.17) is 9.47 Å². The summed E-state index contributed by atoms with van der Waals surface area (Å²) in [5.74, 6) is -1.28. The van der Waals surface area contributed by atoms with Crippen LogP contribution in [0.3, 0.4) is 0 Å².